The first-order valence-corrected chi connectivity index (χ1v) is 6.11. The van der Waals surface area contributed by atoms with Crippen LogP contribution in [0.25, 0.3) is 0 Å². The number of benzene rings is 2. The van der Waals surface area contributed by atoms with Crippen LogP contribution >= 0.6 is 15.9 Å². The Morgan fingerprint density at radius 1 is 1.26 bits per heavy atom. The van der Waals surface area contributed by atoms with E-state index in [-0.39, 0.29) is 5.56 Å². The van der Waals surface area contributed by atoms with Crippen LogP contribution in [0.5, 0.6) is 0 Å². The molecule has 19 heavy (non-hydrogen) atoms. The Bertz CT molecular complexity index is 647. The number of hydrogen-bond donors (Lipinski definition) is 3. The number of nitrogen functional groups attached to an aromatic ring is 1. The first-order valence-electron chi connectivity index (χ1n) is 5.32. The smallest absolute Gasteiger partial charge is 0.337 e. The molecule has 0 bridgehead atoms. The maximum Gasteiger partial charge on any atom is 0.337 e. The Morgan fingerprint density at radius 3 is 2.63 bits per heavy atom. The van der Waals surface area contributed by atoms with Crippen LogP contribution in [0.1, 0.15) is 10.4 Å². The number of hydrogen-bond acceptors (Lipinski definition) is 3. The number of halogens is 2. The third-order valence-corrected chi connectivity index (χ3v) is 3.12. The molecule has 4 N–H and O–H groups in total. The predicted octanol–water partition coefficient (Wildman–Crippen LogP) is 3.61. The highest BCUT2D eigenvalue weighted by Crippen LogP contribution is 2.25. The van der Waals surface area contributed by atoms with Gasteiger partial charge in [-0.05, 0) is 52.3 Å². The molecule has 0 amide bonds. The summed E-state index contributed by atoms with van der Waals surface area (Å²) in [6.45, 7) is 0. The van der Waals surface area contributed by atoms with Crippen LogP contribution in [0, 0.1) is 5.82 Å². The van der Waals surface area contributed by atoms with E-state index in [9.17, 15) is 9.18 Å². The number of carbonyl (C=O) groups is 1. The molecule has 0 aromatic heterocycles. The van der Waals surface area contributed by atoms with Gasteiger partial charge in [-0.1, -0.05) is 0 Å². The maximum atomic E-state index is 13.4. The van der Waals surface area contributed by atoms with Gasteiger partial charge in [-0.15, -0.1) is 0 Å². The second-order valence-electron chi connectivity index (χ2n) is 3.86. The molecular weight excluding hydrogens is 315 g/mol. The number of anilines is 3. The van der Waals surface area contributed by atoms with Crippen molar-refractivity contribution >= 4 is 39.0 Å². The Hall–Kier alpha value is -2.08. The molecule has 0 aliphatic heterocycles. The van der Waals surface area contributed by atoms with Crippen LogP contribution in [0.15, 0.2) is 40.9 Å². The van der Waals surface area contributed by atoms with Crippen molar-refractivity contribution < 1.29 is 14.3 Å². The molecular formula is C13H10BrFN2O2. The number of aromatic carboxylic acids is 1. The van der Waals surface area contributed by atoms with Crippen molar-refractivity contribution in [3.8, 4) is 0 Å². The van der Waals surface area contributed by atoms with Crippen molar-refractivity contribution in [3.63, 3.8) is 0 Å². The predicted molar refractivity (Wildman–Crippen MR) is 75.2 cm³/mol. The Balaban J connectivity index is 2.37. The lowest BCUT2D eigenvalue weighted by Gasteiger charge is -2.10. The second-order valence-corrected chi connectivity index (χ2v) is 4.72. The van der Waals surface area contributed by atoms with E-state index in [0.717, 1.165) is 0 Å². The van der Waals surface area contributed by atoms with Gasteiger partial charge in [0, 0.05) is 11.4 Å². The highest BCUT2D eigenvalue weighted by molar-refractivity contribution is 9.10. The minimum Gasteiger partial charge on any atom is -0.478 e. The molecule has 0 spiro atoms. The molecule has 2 rings (SSSR count). The van der Waals surface area contributed by atoms with Gasteiger partial charge < -0.3 is 16.2 Å². The average Bonchev–Trinajstić information content (AvgIpc) is 2.36. The fourth-order valence-electron chi connectivity index (χ4n) is 1.58. The summed E-state index contributed by atoms with van der Waals surface area (Å²) in [5, 5.41) is 11.9. The lowest BCUT2D eigenvalue weighted by atomic mass is 10.1. The number of nitrogens with two attached hydrogens (primary N) is 1. The number of nitrogens with one attached hydrogen (secondary N) is 1. The lowest BCUT2D eigenvalue weighted by Crippen LogP contribution is -2.04. The zero-order valence-corrected chi connectivity index (χ0v) is 11.2. The van der Waals surface area contributed by atoms with E-state index in [0.29, 0.717) is 21.5 Å². The average molecular weight is 325 g/mol. The van der Waals surface area contributed by atoms with E-state index >= 15 is 0 Å². The molecule has 4 nitrogen and oxygen atoms in total. The molecule has 0 saturated carbocycles. The molecule has 0 aliphatic carbocycles. The SMILES string of the molecule is Nc1ccc(Nc2ccc(Br)c(F)c2)c(C(=O)O)c1. The van der Waals surface area contributed by atoms with Gasteiger partial charge in [-0.3, -0.25) is 0 Å². The van der Waals surface area contributed by atoms with Crippen LogP contribution in [0.3, 0.4) is 0 Å². The molecule has 2 aromatic rings. The lowest BCUT2D eigenvalue weighted by molar-refractivity contribution is 0.0698. The van der Waals surface area contributed by atoms with Crippen molar-refractivity contribution in [1.82, 2.24) is 0 Å². The fraction of sp³-hybridized carbons (Fsp3) is 0. The zero-order chi connectivity index (χ0) is 14.0. The summed E-state index contributed by atoms with van der Waals surface area (Å²) in [5.74, 6) is -1.54. The summed E-state index contributed by atoms with van der Waals surface area (Å²) in [6.07, 6.45) is 0. The first kappa shape index (κ1) is 13.4. The molecule has 0 fully saturated rings. The van der Waals surface area contributed by atoms with E-state index < -0.39 is 11.8 Å². The third kappa shape index (κ3) is 3.03. The molecule has 0 aliphatic rings. The molecule has 0 heterocycles. The van der Waals surface area contributed by atoms with Crippen LogP contribution in [-0.4, -0.2) is 11.1 Å². The van der Waals surface area contributed by atoms with E-state index in [1.54, 1.807) is 18.2 Å². The highest BCUT2D eigenvalue weighted by Gasteiger charge is 2.11. The van der Waals surface area contributed by atoms with Gasteiger partial charge in [-0.25, -0.2) is 9.18 Å². The Kier molecular flexibility index (Phi) is 3.71. The zero-order valence-electron chi connectivity index (χ0n) is 9.65. The fourth-order valence-corrected chi connectivity index (χ4v) is 1.82. The number of rotatable bonds is 3. The molecule has 0 radical (unpaired) electrons. The summed E-state index contributed by atoms with van der Waals surface area (Å²) in [7, 11) is 0. The number of carboxylic acids is 1. The molecule has 0 unspecified atom stereocenters. The topological polar surface area (TPSA) is 75.3 Å². The summed E-state index contributed by atoms with van der Waals surface area (Å²) >= 11 is 3.05. The summed E-state index contributed by atoms with van der Waals surface area (Å²) in [5.41, 5.74) is 6.73. The molecule has 0 atom stereocenters. The summed E-state index contributed by atoms with van der Waals surface area (Å²) < 4.78 is 13.7. The van der Waals surface area contributed by atoms with Crippen molar-refractivity contribution in [1.29, 1.82) is 0 Å². The van der Waals surface area contributed by atoms with E-state index in [1.807, 2.05) is 0 Å². The number of carboxylic acid groups (broad SMARTS) is 1. The highest BCUT2D eigenvalue weighted by atomic mass is 79.9. The molecule has 6 heteroatoms. The monoisotopic (exact) mass is 324 g/mol. The Labute approximate surface area is 117 Å². The van der Waals surface area contributed by atoms with Crippen LogP contribution in [0.2, 0.25) is 0 Å². The van der Waals surface area contributed by atoms with Gasteiger partial charge in [0.1, 0.15) is 5.82 Å². The minimum atomic E-state index is -1.10. The summed E-state index contributed by atoms with van der Waals surface area (Å²) in [6, 6.07) is 8.90. The van der Waals surface area contributed by atoms with Crippen molar-refractivity contribution in [2.75, 3.05) is 11.1 Å². The van der Waals surface area contributed by atoms with Gasteiger partial charge in [-0.2, -0.15) is 0 Å². The van der Waals surface area contributed by atoms with Crippen molar-refractivity contribution in [2.45, 2.75) is 0 Å². The van der Waals surface area contributed by atoms with Crippen LogP contribution in [0.4, 0.5) is 21.5 Å². The standard InChI is InChI=1S/C13H10BrFN2O2/c14-10-3-2-8(6-11(10)15)17-12-4-1-7(16)5-9(12)13(18)19/h1-6,17H,16H2,(H,18,19). The van der Waals surface area contributed by atoms with Gasteiger partial charge >= 0.3 is 5.97 Å². The normalized spacial score (nSPS) is 10.2. The van der Waals surface area contributed by atoms with Gasteiger partial charge in [0.05, 0.1) is 15.7 Å². The van der Waals surface area contributed by atoms with Crippen LogP contribution in [-0.2, 0) is 0 Å². The van der Waals surface area contributed by atoms with Gasteiger partial charge in [0.2, 0.25) is 0 Å². The quantitative estimate of drug-likeness (QED) is 0.754. The van der Waals surface area contributed by atoms with E-state index in [1.165, 1.54) is 18.2 Å². The molecule has 0 saturated heterocycles. The molecule has 98 valence electrons. The van der Waals surface area contributed by atoms with Crippen molar-refractivity contribution in [3.05, 3.63) is 52.3 Å². The van der Waals surface area contributed by atoms with Crippen LogP contribution < -0.4 is 11.1 Å². The molecule has 2 aromatic carbocycles. The summed E-state index contributed by atoms with van der Waals surface area (Å²) in [4.78, 5) is 11.1. The van der Waals surface area contributed by atoms with E-state index in [2.05, 4.69) is 21.2 Å². The van der Waals surface area contributed by atoms with Crippen molar-refractivity contribution in [2.24, 2.45) is 0 Å². The third-order valence-electron chi connectivity index (χ3n) is 2.47. The van der Waals surface area contributed by atoms with Gasteiger partial charge in [0.25, 0.3) is 0 Å². The van der Waals surface area contributed by atoms with E-state index in [4.69, 9.17) is 10.8 Å². The maximum absolute atomic E-state index is 13.4. The second kappa shape index (κ2) is 5.27. The minimum absolute atomic E-state index is 0.0309. The van der Waals surface area contributed by atoms with Gasteiger partial charge in [0.15, 0.2) is 0 Å². The first-order chi connectivity index (χ1) is 8.97. The largest absolute Gasteiger partial charge is 0.478 e. The Morgan fingerprint density at radius 2 is 2.00 bits per heavy atom.